The van der Waals surface area contributed by atoms with Gasteiger partial charge in [0.15, 0.2) is 5.78 Å². The smallest absolute Gasteiger partial charge is 0.253 e. The number of ketones is 1. The molecule has 0 bridgehead atoms. The van der Waals surface area contributed by atoms with E-state index in [0.717, 1.165) is 0 Å². The van der Waals surface area contributed by atoms with Crippen LogP contribution in [0.2, 0.25) is 0 Å². The van der Waals surface area contributed by atoms with Gasteiger partial charge in [0.25, 0.3) is 5.79 Å². The standard InChI is InChI=1S/C11H14O3/c1-3-14-11(13,9(2)12)10-7-5-4-6-8-10/h4-8,13H,3H2,1-2H3. The third-order valence-corrected chi connectivity index (χ3v) is 2.00. The van der Waals surface area contributed by atoms with Crippen molar-refractivity contribution in [2.75, 3.05) is 6.61 Å². The van der Waals surface area contributed by atoms with Gasteiger partial charge in [0, 0.05) is 19.1 Å². The van der Waals surface area contributed by atoms with Crippen LogP contribution in [0.25, 0.3) is 0 Å². The molecule has 1 N–H and O–H groups in total. The summed E-state index contributed by atoms with van der Waals surface area (Å²) in [7, 11) is 0. The lowest BCUT2D eigenvalue weighted by Crippen LogP contribution is -2.37. The lowest BCUT2D eigenvalue weighted by molar-refractivity contribution is -0.207. The number of rotatable bonds is 4. The first-order valence-electron chi connectivity index (χ1n) is 4.54. The third kappa shape index (κ3) is 2.00. The minimum Gasteiger partial charge on any atom is -0.356 e. The number of Topliss-reactive ketones (excluding diaryl/α,β-unsaturated/α-hetero) is 1. The Balaban J connectivity index is 3.06. The summed E-state index contributed by atoms with van der Waals surface area (Å²) < 4.78 is 5.08. The molecule has 1 atom stereocenters. The molecule has 0 fully saturated rings. The molecule has 0 heterocycles. The van der Waals surface area contributed by atoms with Crippen LogP contribution in [0.1, 0.15) is 19.4 Å². The molecular formula is C11H14O3. The summed E-state index contributed by atoms with van der Waals surface area (Å²) in [6, 6.07) is 8.65. The second kappa shape index (κ2) is 4.35. The van der Waals surface area contributed by atoms with Gasteiger partial charge in [-0.2, -0.15) is 0 Å². The van der Waals surface area contributed by atoms with E-state index in [9.17, 15) is 9.90 Å². The van der Waals surface area contributed by atoms with Crippen LogP contribution >= 0.6 is 0 Å². The number of hydrogen-bond donors (Lipinski definition) is 1. The molecular weight excluding hydrogens is 180 g/mol. The quantitative estimate of drug-likeness (QED) is 0.738. The lowest BCUT2D eigenvalue weighted by atomic mass is 10.0. The first-order valence-corrected chi connectivity index (χ1v) is 4.54. The molecule has 1 aromatic rings. The number of hydrogen-bond acceptors (Lipinski definition) is 3. The molecule has 0 radical (unpaired) electrons. The molecule has 0 spiro atoms. The van der Waals surface area contributed by atoms with Crippen molar-refractivity contribution in [1.82, 2.24) is 0 Å². The summed E-state index contributed by atoms with van der Waals surface area (Å²) in [5.41, 5.74) is 0.467. The van der Waals surface area contributed by atoms with E-state index in [2.05, 4.69) is 0 Å². The summed E-state index contributed by atoms with van der Waals surface area (Å²) >= 11 is 0. The zero-order valence-electron chi connectivity index (χ0n) is 8.36. The molecule has 1 unspecified atom stereocenters. The van der Waals surface area contributed by atoms with Gasteiger partial charge in [-0.3, -0.25) is 4.79 Å². The Morgan fingerprint density at radius 1 is 1.43 bits per heavy atom. The molecule has 0 aliphatic heterocycles. The highest BCUT2D eigenvalue weighted by atomic mass is 16.6. The van der Waals surface area contributed by atoms with E-state index in [1.165, 1.54) is 6.92 Å². The molecule has 76 valence electrons. The van der Waals surface area contributed by atoms with Crippen molar-refractivity contribution in [3.05, 3.63) is 35.9 Å². The van der Waals surface area contributed by atoms with Crippen LogP contribution in [0.3, 0.4) is 0 Å². The van der Waals surface area contributed by atoms with E-state index in [0.29, 0.717) is 5.56 Å². The van der Waals surface area contributed by atoms with Crippen molar-refractivity contribution in [2.45, 2.75) is 19.6 Å². The van der Waals surface area contributed by atoms with Gasteiger partial charge < -0.3 is 9.84 Å². The van der Waals surface area contributed by atoms with Gasteiger partial charge in [-0.25, -0.2) is 0 Å². The fourth-order valence-electron chi connectivity index (χ4n) is 1.26. The van der Waals surface area contributed by atoms with Gasteiger partial charge in [-0.05, 0) is 6.92 Å². The molecule has 0 saturated carbocycles. The van der Waals surface area contributed by atoms with Crippen LogP contribution in [-0.4, -0.2) is 17.5 Å². The third-order valence-electron chi connectivity index (χ3n) is 2.00. The Morgan fingerprint density at radius 3 is 2.43 bits per heavy atom. The summed E-state index contributed by atoms with van der Waals surface area (Å²) in [5.74, 6) is -2.21. The van der Waals surface area contributed by atoms with Gasteiger partial charge in [0.05, 0.1) is 0 Å². The molecule has 0 aliphatic rings. The first-order chi connectivity index (χ1) is 6.61. The van der Waals surface area contributed by atoms with Crippen LogP contribution in [0.15, 0.2) is 30.3 Å². The van der Waals surface area contributed by atoms with Crippen molar-refractivity contribution in [2.24, 2.45) is 0 Å². The Labute approximate surface area is 83.3 Å². The molecule has 0 aliphatic carbocycles. The second-order valence-corrected chi connectivity index (χ2v) is 3.00. The monoisotopic (exact) mass is 194 g/mol. The number of aliphatic hydroxyl groups is 1. The Kier molecular flexibility index (Phi) is 3.38. The van der Waals surface area contributed by atoms with E-state index in [1.54, 1.807) is 31.2 Å². The molecule has 3 heteroatoms. The maximum absolute atomic E-state index is 11.3. The first kappa shape index (κ1) is 10.9. The molecule has 14 heavy (non-hydrogen) atoms. The minimum absolute atomic E-state index is 0.283. The molecule has 0 amide bonds. The van der Waals surface area contributed by atoms with Crippen LogP contribution in [-0.2, 0) is 15.3 Å². The Morgan fingerprint density at radius 2 is 2.00 bits per heavy atom. The number of carbonyl (C=O) groups excluding carboxylic acids is 1. The second-order valence-electron chi connectivity index (χ2n) is 3.00. The van der Waals surface area contributed by atoms with Crippen molar-refractivity contribution in [1.29, 1.82) is 0 Å². The van der Waals surface area contributed by atoms with Crippen molar-refractivity contribution >= 4 is 5.78 Å². The van der Waals surface area contributed by atoms with Gasteiger partial charge in [-0.1, -0.05) is 30.3 Å². The SMILES string of the molecule is CCOC(O)(C(C)=O)c1ccccc1. The summed E-state index contributed by atoms with van der Waals surface area (Å²) in [6.07, 6.45) is 0. The van der Waals surface area contributed by atoms with E-state index < -0.39 is 11.6 Å². The Hall–Kier alpha value is -1.19. The number of ether oxygens (including phenoxy) is 1. The number of carbonyl (C=O) groups is 1. The summed E-state index contributed by atoms with van der Waals surface area (Å²) in [6.45, 7) is 3.32. The lowest BCUT2D eigenvalue weighted by Gasteiger charge is -2.24. The predicted octanol–water partition coefficient (Wildman–Crippen LogP) is 1.46. The molecule has 3 nitrogen and oxygen atoms in total. The maximum atomic E-state index is 11.3. The van der Waals surface area contributed by atoms with Gasteiger partial charge in [0.1, 0.15) is 0 Å². The van der Waals surface area contributed by atoms with Crippen molar-refractivity contribution < 1.29 is 14.6 Å². The van der Waals surface area contributed by atoms with Crippen LogP contribution in [0.4, 0.5) is 0 Å². The van der Waals surface area contributed by atoms with Gasteiger partial charge in [-0.15, -0.1) is 0 Å². The largest absolute Gasteiger partial charge is 0.356 e. The average Bonchev–Trinajstić information content (AvgIpc) is 2.19. The molecule has 1 rings (SSSR count). The highest BCUT2D eigenvalue weighted by Gasteiger charge is 2.35. The van der Waals surface area contributed by atoms with E-state index in [4.69, 9.17) is 4.74 Å². The van der Waals surface area contributed by atoms with Gasteiger partial charge in [0.2, 0.25) is 0 Å². The molecule has 0 aromatic heterocycles. The van der Waals surface area contributed by atoms with Crippen molar-refractivity contribution in [3.63, 3.8) is 0 Å². The predicted molar refractivity (Wildman–Crippen MR) is 52.6 cm³/mol. The highest BCUT2D eigenvalue weighted by Crippen LogP contribution is 2.23. The highest BCUT2D eigenvalue weighted by molar-refractivity contribution is 5.84. The van der Waals surface area contributed by atoms with E-state index >= 15 is 0 Å². The fraction of sp³-hybridized carbons (Fsp3) is 0.364. The summed E-state index contributed by atoms with van der Waals surface area (Å²) in [4.78, 5) is 11.3. The minimum atomic E-state index is -1.80. The van der Waals surface area contributed by atoms with E-state index in [-0.39, 0.29) is 6.61 Å². The van der Waals surface area contributed by atoms with Crippen LogP contribution < -0.4 is 0 Å². The normalized spacial score (nSPS) is 14.8. The van der Waals surface area contributed by atoms with Gasteiger partial charge >= 0.3 is 0 Å². The van der Waals surface area contributed by atoms with Crippen LogP contribution in [0, 0.1) is 0 Å². The van der Waals surface area contributed by atoms with Crippen LogP contribution in [0.5, 0.6) is 0 Å². The fourth-order valence-corrected chi connectivity index (χ4v) is 1.26. The molecule has 0 saturated heterocycles. The topological polar surface area (TPSA) is 46.5 Å². The zero-order valence-corrected chi connectivity index (χ0v) is 8.36. The van der Waals surface area contributed by atoms with E-state index in [1.807, 2.05) is 6.07 Å². The average molecular weight is 194 g/mol. The zero-order chi connectivity index (χ0) is 10.6. The Bertz CT molecular complexity index is 308. The number of benzene rings is 1. The molecule has 1 aromatic carbocycles. The summed E-state index contributed by atoms with van der Waals surface area (Å²) in [5, 5.41) is 9.99. The van der Waals surface area contributed by atoms with Crippen molar-refractivity contribution in [3.8, 4) is 0 Å². The maximum Gasteiger partial charge on any atom is 0.253 e.